The van der Waals surface area contributed by atoms with Crippen LogP contribution in [-0.2, 0) is 25.7 Å². The number of carbonyl (C=O) groups is 2. The SMILES string of the molecule is CCOC(=O)[C@@H]1C(=O)N(CCCOC)c2nc3ccccc3n2[C@H]1c1ccc(OCc2ccccc2)cc1. The Kier molecular flexibility index (Phi) is 7.70. The summed E-state index contributed by atoms with van der Waals surface area (Å²) in [4.78, 5) is 33.6. The summed E-state index contributed by atoms with van der Waals surface area (Å²) in [7, 11) is 1.62. The first-order chi connectivity index (χ1) is 18.6. The first kappa shape index (κ1) is 25.5. The number of aromatic nitrogens is 2. The quantitative estimate of drug-likeness (QED) is 0.173. The van der Waals surface area contributed by atoms with Gasteiger partial charge in [-0.3, -0.25) is 14.5 Å². The van der Waals surface area contributed by atoms with Gasteiger partial charge in [-0.25, -0.2) is 4.98 Å². The lowest BCUT2D eigenvalue weighted by molar-refractivity contribution is -0.153. The maximum atomic E-state index is 13.9. The minimum atomic E-state index is -1.06. The number of anilines is 1. The van der Waals surface area contributed by atoms with Crippen LogP contribution in [0.2, 0.25) is 0 Å². The highest BCUT2D eigenvalue weighted by molar-refractivity contribution is 6.08. The van der Waals surface area contributed by atoms with E-state index in [4.69, 9.17) is 19.2 Å². The van der Waals surface area contributed by atoms with Crippen LogP contribution in [0.1, 0.15) is 30.5 Å². The molecule has 0 saturated carbocycles. The summed E-state index contributed by atoms with van der Waals surface area (Å²) in [5.41, 5.74) is 3.46. The largest absolute Gasteiger partial charge is 0.489 e. The van der Waals surface area contributed by atoms with E-state index in [2.05, 4.69) is 0 Å². The second-order valence-corrected chi connectivity index (χ2v) is 9.12. The maximum Gasteiger partial charge on any atom is 0.321 e. The average Bonchev–Trinajstić information content (AvgIpc) is 3.33. The molecule has 5 rings (SSSR count). The summed E-state index contributed by atoms with van der Waals surface area (Å²) in [6.07, 6.45) is 0.610. The smallest absolute Gasteiger partial charge is 0.321 e. The van der Waals surface area contributed by atoms with Gasteiger partial charge in [-0.1, -0.05) is 54.6 Å². The van der Waals surface area contributed by atoms with Crippen molar-refractivity contribution in [1.29, 1.82) is 0 Å². The van der Waals surface area contributed by atoms with Crippen molar-refractivity contribution >= 4 is 28.9 Å². The Hall–Kier alpha value is -4.17. The Bertz CT molecular complexity index is 1400. The highest BCUT2D eigenvalue weighted by atomic mass is 16.5. The summed E-state index contributed by atoms with van der Waals surface area (Å²) in [5, 5.41) is 0. The number of esters is 1. The molecule has 1 aliphatic heterocycles. The number of fused-ring (bicyclic) bond motifs is 3. The van der Waals surface area contributed by atoms with Gasteiger partial charge in [-0.2, -0.15) is 0 Å². The molecular weight excluding hydrogens is 482 g/mol. The average molecular weight is 514 g/mol. The minimum absolute atomic E-state index is 0.183. The van der Waals surface area contributed by atoms with E-state index in [-0.39, 0.29) is 12.5 Å². The molecule has 2 atom stereocenters. The van der Waals surface area contributed by atoms with Gasteiger partial charge in [-0.05, 0) is 48.7 Å². The molecule has 0 bridgehead atoms. The molecule has 1 aromatic heterocycles. The van der Waals surface area contributed by atoms with Gasteiger partial charge in [0.15, 0.2) is 5.92 Å². The van der Waals surface area contributed by atoms with Gasteiger partial charge in [0.2, 0.25) is 11.9 Å². The van der Waals surface area contributed by atoms with E-state index in [9.17, 15) is 9.59 Å². The third-order valence-electron chi connectivity index (χ3n) is 6.69. The molecule has 0 N–H and O–H groups in total. The number of nitrogens with zero attached hydrogens (tertiary/aromatic N) is 3. The van der Waals surface area contributed by atoms with Gasteiger partial charge in [0.1, 0.15) is 12.4 Å². The fraction of sp³-hybridized carbons (Fsp3) is 0.300. The zero-order chi connectivity index (χ0) is 26.5. The third kappa shape index (κ3) is 4.99. The highest BCUT2D eigenvalue weighted by Gasteiger charge is 2.47. The number of benzene rings is 3. The number of ether oxygens (including phenoxy) is 3. The van der Waals surface area contributed by atoms with Crippen LogP contribution in [0, 0.1) is 5.92 Å². The second-order valence-electron chi connectivity index (χ2n) is 9.12. The molecule has 0 aliphatic carbocycles. The normalized spacial score (nSPS) is 16.9. The summed E-state index contributed by atoms with van der Waals surface area (Å²) in [6, 6.07) is 24.6. The minimum Gasteiger partial charge on any atom is -0.489 e. The van der Waals surface area contributed by atoms with Crippen LogP contribution >= 0.6 is 0 Å². The number of carbonyl (C=O) groups excluding carboxylic acids is 2. The van der Waals surface area contributed by atoms with Crippen LogP contribution in [0.4, 0.5) is 5.95 Å². The first-order valence-corrected chi connectivity index (χ1v) is 12.8. The molecule has 196 valence electrons. The number of hydrogen-bond acceptors (Lipinski definition) is 6. The number of methoxy groups -OCH3 is 1. The molecule has 38 heavy (non-hydrogen) atoms. The van der Waals surface area contributed by atoms with Gasteiger partial charge in [0.25, 0.3) is 0 Å². The fourth-order valence-electron chi connectivity index (χ4n) is 4.93. The fourth-order valence-corrected chi connectivity index (χ4v) is 4.93. The molecule has 8 heteroatoms. The molecular formula is C30H31N3O5. The van der Waals surface area contributed by atoms with E-state index in [1.807, 2.05) is 83.4 Å². The number of amides is 1. The predicted octanol–water partition coefficient (Wildman–Crippen LogP) is 4.77. The van der Waals surface area contributed by atoms with Gasteiger partial charge < -0.3 is 18.8 Å². The van der Waals surface area contributed by atoms with Gasteiger partial charge in [0.05, 0.1) is 23.7 Å². The van der Waals surface area contributed by atoms with E-state index in [1.165, 1.54) is 0 Å². The van der Waals surface area contributed by atoms with Crippen molar-refractivity contribution < 1.29 is 23.8 Å². The van der Waals surface area contributed by atoms with Gasteiger partial charge in [-0.15, -0.1) is 0 Å². The number of rotatable bonds is 10. The van der Waals surface area contributed by atoms with E-state index in [0.29, 0.717) is 37.9 Å². The summed E-state index contributed by atoms with van der Waals surface area (Å²) >= 11 is 0. The van der Waals surface area contributed by atoms with E-state index in [0.717, 1.165) is 22.2 Å². The van der Waals surface area contributed by atoms with Crippen molar-refractivity contribution in [3.63, 3.8) is 0 Å². The lowest BCUT2D eigenvalue weighted by Crippen LogP contribution is -2.50. The van der Waals surface area contributed by atoms with Gasteiger partial charge >= 0.3 is 5.97 Å². The molecule has 0 saturated heterocycles. The van der Waals surface area contributed by atoms with Crippen LogP contribution in [0.3, 0.4) is 0 Å². The van der Waals surface area contributed by atoms with Crippen molar-refractivity contribution in [1.82, 2.24) is 9.55 Å². The maximum absolute atomic E-state index is 13.9. The highest BCUT2D eigenvalue weighted by Crippen LogP contribution is 2.41. The molecule has 3 aromatic carbocycles. The third-order valence-corrected chi connectivity index (χ3v) is 6.69. The molecule has 1 amide bonds. The van der Waals surface area contributed by atoms with Crippen molar-refractivity contribution in [3.05, 3.63) is 90.0 Å². The van der Waals surface area contributed by atoms with Crippen LogP contribution in [0.25, 0.3) is 11.0 Å². The van der Waals surface area contributed by atoms with Crippen LogP contribution in [0.15, 0.2) is 78.9 Å². The molecule has 0 spiro atoms. The summed E-state index contributed by atoms with van der Waals surface area (Å²) in [6.45, 7) is 3.24. The van der Waals surface area contributed by atoms with E-state index >= 15 is 0 Å². The number of para-hydroxylation sites is 2. The zero-order valence-corrected chi connectivity index (χ0v) is 21.6. The first-order valence-electron chi connectivity index (χ1n) is 12.8. The molecule has 0 unspecified atom stereocenters. The molecule has 0 fully saturated rings. The monoisotopic (exact) mass is 513 g/mol. The Morgan fingerprint density at radius 1 is 0.974 bits per heavy atom. The second kappa shape index (κ2) is 11.5. The predicted molar refractivity (Wildman–Crippen MR) is 144 cm³/mol. The van der Waals surface area contributed by atoms with Gasteiger partial charge in [0, 0.05) is 20.3 Å². The molecule has 0 radical (unpaired) electrons. The van der Waals surface area contributed by atoms with Crippen molar-refractivity contribution in [2.45, 2.75) is 26.0 Å². The summed E-state index contributed by atoms with van der Waals surface area (Å²) in [5.74, 6) is -0.714. The summed E-state index contributed by atoms with van der Waals surface area (Å²) < 4.78 is 18.6. The van der Waals surface area contributed by atoms with E-state index < -0.39 is 17.9 Å². The van der Waals surface area contributed by atoms with Crippen LogP contribution in [-0.4, -0.2) is 48.3 Å². The van der Waals surface area contributed by atoms with Crippen molar-refractivity contribution in [3.8, 4) is 5.75 Å². The molecule has 8 nitrogen and oxygen atoms in total. The van der Waals surface area contributed by atoms with Crippen molar-refractivity contribution in [2.75, 3.05) is 31.8 Å². The number of hydrogen-bond donors (Lipinski definition) is 0. The van der Waals surface area contributed by atoms with Crippen LogP contribution in [0.5, 0.6) is 5.75 Å². The standard InChI is InChI=1S/C30H31N3O5/c1-3-37-29(35)26-27(22-14-16-23(17-15-22)38-20-21-10-5-4-6-11-21)33-25-13-8-7-12-24(25)31-30(33)32(28(26)34)18-9-19-36-2/h4-8,10-17,26-27H,3,9,18-20H2,1-2H3/t26-,27-/m0/s1. The van der Waals surface area contributed by atoms with Crippen LogP contribution < -0.4 is 9.64 Å². The molecule has 4 aromatic rings. The van der Waals surface area contributed by atoms with Crippen molar-refractivity contribution in [2.24, 2.45) is 5.92 Å². The molecule has 1 aliphatic rings. The Balaban J connectivity index is 1.55. The zero-order valence-electron chi connectivity index (χ0n) is 21.6. The Morgan fingerprint density at radius 3 is 2.45 bits per heavy atom. The Labute approximate surface area is 221 Å². The number of imidazole rings is 1. The lowest BCUT2D eigenvalue weighted by atomic mass is 9.89. The topological polar surface area (TPSA) is 82.9 Å². The Morgan fingerprint density at radius 2 is 1.71 bits per heavy atom. The van der Waals surface area contributed by atoms with E-state index in [1.54, 1.807) is 18.9 Å². The molecule has 2 heterocycles. The lowest BCUT2D eigenvalue weighted by Gasteiger charge is -2.38.